The maximum absolute atomic E-state index is 13.3. The normalized spacial score (nSPS) is 9.94. The van der Waals surface area contributed by atoms with Gasteiger partial charge in [-0.2, -0.15) is 5.26 Å². The molecule has 0 spiro atoms. The summed E-state index contributed by atoms with van der Waals surface area (Å²) in [5.41, 5.74) is 7.95. The number of halogens is 1. The van der Waals surface area contributed by atoms with Crippen LogP contribution in [-0.2, 0) is 6.54 Å². The van der Waals surface area contributed by atoms with E-state index in [1.165, 1.54) is 12.3 Å². The Kier molecular flexibility index (Phi) is 3.12. The second-order valence-electron chi connectivity index (χ2n) is 3.58. The van der Waals surface area contributed by atoms with Crippen molar-refractivity contribution >= 4 is 0 Å². The van der Waals surface area contributed by atoms with Crippen LogP contribution in [0.4, 0.5) is 4.39 Å². The summed E-state index contributed by atoms with van der Waals surface area (Å²) in [6, 6.07) is 8.42. The fourth-order valence-corrected chi connectivity index (χ4v) is 1.57. The van der Waals surface area contributed by atoms with Crippen molar-refractivity contribution < 1.29 is 4.39 Å². The number of rotatable bonds is 2. The van der Waals surface area contributed by atoms with Crippen LogP contribution < -0.4 is 5.73 Å². The lowest BCUT2D eigenvalue weighted by atomic mass is 10.0. The third-order valence-corrected chi connectivity index (χ3v) is 2.47. The van der Waals surface area contributed by atoms with Crippen LogP contribution in [0.15, 0.2) is 36.7 Å². The lowest BCUT2D eigenvalue weighted by Gasteiger charge is -2.05. The van der Waals surface area contributed by atoms with Gasteiger partial charge in [-0.1, -0.05) is 6.07 Å². The number of pyridine rings is 1. The van der Waals surface area contributed by atoms with Crippen molar-refractivity contribution in [2.45, 2.75) is 6.54 Å². The minimum absolute atomic E-state index is 0.144. The monoisotopic (exact) mass is 227 g/mol. The Balaban J connectivity index is 2.49. The first-order valence-corrected chi connectivity index (χ1v) is 5.08. The van der Waals surface area contributed by atoms with E-state index in [1.807, 2.05) is 6.07 Å². The fourth-order valence-electron chi connectivity index (χ4n) is 1.57. The molecule has 2 rings (SSSR count). The van der Waals surface area contributed by atoms with Crippen molar-refractivity contribution in [3.05, 3.63) is 53.6 Å². The van der Waals surface area contributed by atoms with Crippen LogP contribution in [0.25, 0.3) is 11.1 Å². The molecule has 0 fully saturated rings. The van der Waals surface area contributed by atoms with Crippen molar-refractivity contribution in [3.63, 3.8) is 0 Å². The Morgan fingerprint density at radius 3 is 2.76 bits per heavy atom. The van der Waals surface area contributed by atoms with Gasteiger partial charge in [0, 0.05) is 30.1 Å². The first-order valence-electron chi connectivity index (χ1n) is 5.08. The highest BCUT2D eigenvalue weighted by molar-refractivity contribution is 5.64. The molecule has 0 saturated carbocycles. The molecule has 0 saturated heterocycles. The number of hydrogen-bond donors (Lipinski definition) is 1. The van der Waals surface area contributed by atoms with Gasteiger partial charge in [-0.05, 0) is 23.8 Å². The maximum atomic E-state index is 13.3. The summed E-state index contributed by atoms with van der Waals surface area (Å²) in [7, 11) is 0. The fraction of sp³-hybridized carbons (Fsp3) is 0.0769. The summed E-state index contributed by atoms with van der Waals surface area (Å²) in [6.45, 7) is 0.144. The van der Waals surface area contributed by atoms with E-state index < -0.39 is 0 Å². The maximum Gasteiger partial charge on any atom is 0.127 e. The SMILES string of the molecule is N#Cc1cncc(-c2ccc(F)c(CN)c2)c1. The van der Waals surface area contributed by atoms with E-state index in [9.17, 15) is 4.39 Å². The zero-order valence-corrected chi connectivity index (χ0v) is 9.02. The van der Waals surface area contributed by atoms with Crippen LogP contribution in [0.3, 0.4) is 0 Å². The number of nitrogens with two attached hydrogens (primary N) is 1. The smallest absolute Gasteiger partial charge is 0.127 e. The van der Waals surface area contributed by atoms with Crippen LogP contribution in [0.2, 0.25) is 0 Å². The van der Waals surface area contributed by atoms with Crippen LogP contribution in [0.1, 0.15) is 11.1 Å². The molecule has 0 bridgehead atoms. The van der Waals surface area contributed by atoms with Crippen molar-refractivity contribution in [1.29, 1.82) is 5.26 Å². The molecule has 0 aliphatic heterocycles. The molecule has 0 amide bonds. The van der Waals surface area contributed by atoms with Gasteiger partial charge in [0.2, 0.25) is 0 Å². The van der Waals surface area contributed by atoms with E-state index in [-0.39, 0.29) is 12.4 Å². The van der Waals surface area contributed by atoms with E-state index in [0.717, 1.165) is 11.1 Å². The molecule has 2 aromatic rings. The van der Waals surface area contributed by atoms with Gasteiger partial charge in [-0.25, -0.2) is 4.39 Å². The Morgan fingerprint density at radius 2 is 2.06 bits per heavy atom. The van der Waals surface area contributed by atoms with Crippen molar-refractivity contribution in [2.24, 2.45) is 5.73 Å². The first-order chi connectivity index (χ1) is 8.24. The molecule has 84 valence electrons. The number of aromatic nitrogens is 1. The number of hydrogen-bond acceptors (Lipinski definition) is 3. The standard InChI is InChI=1S/C13H10FN3/c14-13-2-1-10(4-11(13)6-16)12-3-9(5-15)7-17-8-12/h1-4,7-8H,6,16H2. The lowest BCUT2D eigenvalue weighted by molar-refractivity contribution is 0.611. The van der Waals surface area contributed by atoms with Gasteiger partial charge >= 0.3 is 0 Å². The molecule has 4 heteroatoms. The molecule has 0 atom stereocenters. The van der Waals surface area contributed by atoms with E-state index in [2.05, 4.69) is 4.98 Å². The van der Waals surface area contributed by atoms with E-state index in [1.54, 1.807) is 24.4 Å². The van der Waals surface area contributed by atoms with E-state index in [0.29, 0.717) is 11.1 Å². The van der Waals surface area contributed by atoms with Gasteiger partial charge in [0.1, 0.15) is 11.9 Å². The highest BCUT2D eigenvalue weighted by atomic mass is 19.1. The van der Waals surface area contributed by atoms with Gasteiger partial charge in [0.15, 0.2) is 0 Å². The third kappa shape index (κ3) is 2.30. The second-order valence-corrected chi connectivity index (χ2v) is 3.58. The zero-order chi connectivity index (χ0) is 12.3. The van der Waals surface area contributed by atoms with E-state index in [4.69, 9.17) is 11.0 Å². The largest absolute Gasteiger partial charge is 0.326 e. The highest BCUT2D eigenvalue weighted by Crippen LogP contribution is 2.22. The zero-order valence-electron chi connectivity index (χ0n) is 9.02. The molecule has 1 aromatic carbocycles. The minimum Gasteiger partial charge on any atom is -0.326 e. The Morgan fingerprint density at radius 1 is 1.24 bits per heavy atom. The molecular weight excluding hydrogens is 217 g/mol. The molecular formula is C13H10FN3. The summed E-state index contributed by atoms with van der Waals surface area (Å²) in [5, 5.41) is 8.78. The number of nitrogens with zero attached hydrogens (tertiary/aromatic N) is 2. The van der Waals surface area contributed by atoms with Crippen LogP contribution in [0, 0.1) is 17.1 Å². The lowest BCUT2D eigenvalue weighted by Crippen LogP contribution is -1.99. The van der Waals surface area contributed by atoms with Crippen LogP contribution in [-0.4, -0.2) is 4.98 Å². The topological polar surface area (TPSA) is 62.7 Å². The predicted octanol–water partition coefficient (Wildman–Crippen LogP) is 2.22. The highest BCUT2D eigenvalue weighted by Gasteiger charge is 2.04. The molecule has 0 aliphatic rings. The minimum atomic E-state index is -0.319. The van der Waals surface area contributed by atoms with Crippen LogP contribution in [0.5, 0.6) is 0 Å². The second kappa shape index (κ2) is 4.73. The molecule has 2 N–H and O–H groups in total. The summed E-state index contributed by atoms with van der Waals surface area (Å²) in [5.74, 6) is -0.319. The average molecular weight is 227 g/mol. The predicted molar refractivity (Wildman–Crippen MR) is 62.2 cm³/mol. The molecule has 0 unspecified atom stereocenters. The third-order valence-electron chi connectivity index (χ3n) is 2.47. The number of benzene rings is 1. The Bertz CT molecular complexity index is 587. The van der Waals surface area contributed by atoms with Crippen LogP contribution >= 0.6 is 0 Å². The molecule has 0 aliphatic carbocycles. The van der Waals surface area contributed by atoms with Crippen molar-refractivity contribution in [3.8, 4) is 17.2 Å². The van der Waals surface area contributed by atoms with Gasteiger partial charge in [0.25, 0.3) is 0 Å². The van der Waals surface area contributed by atoms with Gasteiger partial charge in [-0.15, -0.1) is 0 Å². The number of nitriles is 1. The first kappa shape index (κ1) is 11.2. The Labute approximate surface area is 98.3 Å². The van der Waals surface area contributed by atoms with Gasteiger partial charge in [-0.3, -0.25) is 4.98 Å². The van der Waals surface area contributed by atoms with E-state index >= 15 is 0 Å². The van der Waals surface area contributed by atoms with Gasteiger partial charge in [0.05, 0.1) is 5.56 Å². The van der Waals surface area contributed by atoms with Crippen molar-refractivity contribution in [1.82, 2.24) is 4.98 Å². The molecule has 1 heterocycles. The summed E-state index contributed by atoms with van der Waals surface area (Å²) in [6.07, 6.45) is 3.12. The Hall–Kier alpha value is -2.25. The molecule has 17 heavy (non-hydrogen) atoms. The molecule has 3 nitrogen and oxygen atoms in total. The quantitative estimate of drug-likeness (QED) is 0.855. The summed E-state index contributed by atoms with van der Waals surface area (Å²) >= 11 is 0. The average Bonchev–Trinajstić information content (AvgIpc) is 2.39. The van der Waals surface area contributed by atoms with Gasteiger partial charge < -0.3 is 5.73 Å². The molecule has 0 radical (unpaired) electrons. The summed E-state index contributed by atoms with van der Waals surface area (Å²) in [4.78, 5) is 3.96. The summed E-state index contributed by atoms with van der Waals surface area (Å²) < 4.78 is 13.3. The van der Waals surface area contributed by atoms with Crippen molar-refractivity contribution in [2.75, 3.05) is 0 Å². The molecule has 1 aromatic heterocycles.